The first-order valence-corrected chi connectivity index (χ1v) is 11.7. The number of rotatable bonds is 6. The molecule has 3 heterocycles. The van der Waals surface area contributed by atoms with Gasteiger partial charge in [0.1, 0.15) is 29.5 Å². The van der Waals surface area contributed by atoms with Crippen molar-refractivity contribution in [3.8, 4) is 17.5 Å². The van der Waals surface area contributed by atoms with Crippen molar-refractivity contribution in [2.45, 2.75) is 31.7 Å². The Morgan fingerprint density at radius 3 is 2.75 bits per heavy atom. The normalized spacial score (nSPS) is 15.7. The van der Waals surface area contributed by atoms with Crippen molar-refractivity contribution in [2.75, 3.05) is 18.8 Å². The number of hydrogen-bond acceptors (Lipinski definition) is 7. The Balaban J connectivity index is 1.39. The summed E-state index contributed by atoms with van der Waals surface area (Å²) in [6.45, 7) is 1.28. The molecule has 182 valence electrons. The predicted molar refractivity (Wildman–Crippen MR) is 130 cm³/mol. The van der Waals surface area contributed by atoms with Gasteiger partial charge < -0.3 is 10.6 Å². The number of aryl methyl sites for hydroxylation is 1. The van der Waals surface area contributed by atoms with Crippen molar-refractivity contribution in [1.82, 2.24) is 24.6 Å². The summed E-state index contributed by atoms with van der Waals surface area (Å²) in [5.41, 5.74) is 8.91. The molecule has 0 saturated carbocycles. The highest BCUT2D eigenvalue weighted by atomic mass is 19.1. The Labute approximate surface area is 206 Å². The first kappa shape index (κ1) is 23.4. The van der Waals surface area contributed by atoms with E-state index in [1.807, 2.05) is 28.9 Å². The van der Waals surface area contributed by atoms with E-state index in [9.17, 15) is 18.8 Å². The maximum Gasteiger partial charge on any atom is 0.179 e. The SMILES string of the molecule is N#CN1CCC[C@@H](n2nc(-c3ccc(CCC(=O)c4cc(F)ccc4F)cc3)c3c(N)ncnc32)C1. The van der Waals surface area contributed by atoms with Gasteiger partial charge in [-0.15, -0.1) is 0 Å². The van der Waals surface area contributed by atoms with Crippen molar-refractivity contribution in [3.63, 3.8) is 0 Å². The van der Waals surface area contributed by atoms with E-state index in [0.29, 0.717) is 35.5 Å². The standard InChI is InChI=1S/C26H23F2N7O/c27-18-8-9-21(28)20(12-18)22(36)10-5-16-3-6-17(7-4-16)24-23-25(30)31-15-32-26(23)35(33-24)19-2-1-11-34(13-19)14-29/h3-4,6-9,12,15,19H,1-2,5,10-11,13H2,(H2,30,31,32)/t19-/m1/s1. The van der Waals surface area contributed by atoms with Crippen LogP contribution in [0.1, 0.15) is 41.2 Å². The zero-order valence-electron chi connectivity index (χ0n) is 19.4. The molecule has 0 unspecified atom stereocenters. The van der Waals surface area contributed by atoms with Crippen molar-refractivity contribution in [1.29, 1.82) is 5.26 Å². The summed E-state index contributed by atoms with van der Waals surface area (Å²) in [5.74, 6) is -1.51. The van der Waals surface area contributed by atoms with Gasteiger partial charge in [0.25, 0.3) is 0 Å². The topological polar surface area (TPSA) is 114 Å². The number of Topliss-reactive ketones (excluding diaryl/α,β-unsaturated/α-hetero) is 1. The molecule has 0 radical (unpaired) electrons. The molecule has 2 aromatic carbocycles. The lowest BCUT2D eigenvalue weighted by Gasteiger charge is -2.28. The third kappa shape index (κ3) is 4.47. The van der Waals surface area contributed by atoms with E-state index in [1.54, 1.807) is 4.90 Å². The second-order valence-electron chi connectivity index (χ2n) is 8.84. The van der Waals surface area contributed by atoms with Crippen LogP contribution in [0.15, 0.2) is 48.8 Å². The number of benzene rings is 2. The molecule has 0 aliphatic carbocycles. The van der Waals surface area contributed by atoms with Crippen molar-refractivity contribution >= 4 is 22.6 Å². The number of hydrogen-bond donors (Lipinski definition) is 1. The fourth-order valence-electron chi connectivity index (χ4n) is 4.63. The zero-order valence-corrected chi connectivity index (χ0v) is 19.4. The third-order valence-corrected chi connectivity index (χ3v) is 6.50. The molecule has 2 N–H and O–H groups in total. The van der Waals surface area contributed by atoms with Gasteiger partial charge in [-0.2, -0.15) is 10.4 Å². The molecule has 0 amide bonds. The Morgan fingerprint density at radius 2 is 1.97 bits per heavy atom. The third-order valence-electron chi connectivity index (χ3n) is 6.50. The summed E-state index contributed by atoms with van der Waals surface area (Å²) in [5, 5.41) is 14.8. The Hall–Kier alpha value is -4.39. The molecule has 0 bridgehead atoms. The first-order valence-electron chi connectivity index (χ1n) is 11.7. The number of aromatic nitrogens is 4. The van der Waals surface area contributed by atoms with Gasteiger partial charge in [0.05, 0.1) is 23.5 Å². The summed E-state index contributed by atoms with van der Waals surface area (Å²) >= 11 is 0. The number of carbonyl (C=O) groups excluding carboxylic acids is 1. The lowest BCUT2D eigenvalue weighted by atomic mass is 10.0. The Morgan fingerprint density at radius 1 is 1.17 bits per heavy atom. The number of nitrogens with two attached hydrogens (primary N) is 1. The number of likely N-dealkylation sites (tertiary alicyclic amines) is 1. The molecule has 5 rings (SSSR count). The minimum Gasteiger partial charge on any atom is -0.383 e. The van der Waals surface area contributed by atoms with E-state index in [4.69, 9.17) is 10.8 Å². The lowest BCUT2D eigenvalue weighted by Crippen LogP contribution is -2.33. The number of anilines is 1. The van der Waals surface area contributed by atoms with Gasteiger partial charge in [0, 0.05) is 18.5 Å². The summed E-state index contributed by atoms with van der Waals surface area (Å²) in [6.07, 6.45) is 5.80. The molecule has 1 aliphatic heterocycles. The zero-order chi connectivity index (χ0) is 25.2. The molecular weight excluding hydrogens is 464 g/mol. The monoisotopic (exact) mass is 487 g/mol. The largest absolute Gasteiger partial charge is 0.383 e. The molecule has 4 aromatic rings. The van der Waals surface area contributed by atoms with Crippen molar-refractivity contribution in [2.24, 2.45) is 0 Å². The number of carbonyl (C=O) groups is 1. The van der Waals surface area contributed by atoms with Gasteiger partial charge in [-0.05, 0) is 43.0 Å². The van der Waals surface area contributed by atoms with Crippen LogP contribution < -0.4 is 5.73 Å². The Bertz CT molecular complexity index is 1480. The molecule has 1 fully saturated rings. The van der Waals surface area contributed by atoms with Crippen LogP contribution >= 0.6 is 0 Å². The van der Waals surface area contributed by atoms with E-state index in [-0.39, 0.29) is 18.0 Å². The second kappa shape index (κ2) is 9.70. The summed E-state index contributed by atoms with van der Waals surface area (Å²) in [4.78, 5) is 22.7. The van der Waals surface area contributed by atoms with Crippen LogP contribution in [-0.4, -0.2) is 43.5 Å². The van der Waals surface area contributed by atoms with E-state index < -0.39 is 17.4 Å². The van der Waals surface area contributed by atoms with E-state index >= 15 is 0 Å². The van der Waals surface area contributed by atoms with Gasteiger partial charge in [0.2, 0.25) is 0 Å². The number of piperidine rings is 1. The molecule has 8 nitrogen and oxygen atoms in total. The van der Waals surface area contributed by atoms with Crippen LogP contribution in [0.4, 0.5) is 14.6 Å². The van der Waals surface area contributed by atoms with Crippen molar-refractivity contribution in [3.05, 3.63) is 71.6 Å². The van der Waals surface area contributed by atoms with Crippen LogP contribution in [0.25, 0.3) is 22.3 Å². The highest BCUT2D eigenvalue weighted by Gasteiger charge is 2.26. The maximum absolute atomic E-state index is 13.9. The Kier molecular flexibility index (Phi) is 6.29. The van der Waals surface area contributed by atoms with Gasteiger partial charge in [-0.1, -0.05) is 24.3 Å². The fraction of sp³-hybridized carbons (Fsp3) is 0.269. The highest BCUT2D eigenvalue weighted by Crippen LogP contribution is 2.33. The maximum atomic E-state index is 13.9. The molecule has 1 aliphatic rings. The van der Waals surface area contributed by atoms with Crippen LogP contribution in [0, 0.1) is 23.1 Å². The number of nitrogen functional groups attached to an aromatic ring is 1. The quantitative estimate of drug-likeness (QED) is 0.319. The lowest BCUT2D eigenvalue weighted by molar-refractivity contribution is 0.0978. The smallest absolute Gasteiger partial charge is 0.179 e. The highest BCUT2D eigenvalue weighted by molar-refractivity contribution is 5.98. The van der Waals surface area contributed by atoms with Crippen LogP contribution in [-0.2, 0) is 6.42 Å². The van der Waals surface area contributed by atoms with Crippen LogP contribution in [0.2, 0.25) is 0 Å². The van der Waals surface area contributed by atoms with Gasteiger partial charge in [-0.3, -0.25) is 4.79 Å². The van der Waals surface area contributed by atoms with Gasteiger partial charge >= 0.3 is 0 Å². The van der Waals surface area contributed by atoms with E-state index in [0.717, 1.165) is 48.7 Å². The molecule has 1 saturated heterocycles. The molecule has 2 aromatic heterocycles. The molecule has 10 heteroatoms. The van der Waals surface area contributed by atoms with E-state index in [1.165, 1.54) is 6.33 Å². The summed E-state index contributed by atoms with van der Waals surface area (Å²) < 4.78 is 29.1. The fourth-order valence-corrected chi connectivity index (χ4v) is 4.63. The molecule has 36 heavy (non-hydrogen) atoms. The average Bonchev–Trinajstić information content (AvgIpc) is 3.30. The van der Waals surface area contributed by atoms with Crippen molar-refractivity contribution < 1.29 is 13.6 Å². The molecule has 1 atom stereocenters. The minimum absolute atomic E-state index is 0.0162. The number of halogens is 2. The number of fused-ring (bicyclic) bond motifs is 1. The van der Waals surface area contributed by atoms with Gasteiger partial charge in [0.15, 0.2) is 17.6 Å². The number of ketones is 1. The molecule has 0 spiro atoms. The molecular formula is C26H23F2N7O. The number of nitriles is 1. The second-order valence-corrected chi connectivity index (χ2v) is 8.84. The summed E-state index contributed by atoms with van der Waals surface area (Å²) in [6, 6.07) is 10.4. The first-order chi connectivity index (χ1) is 17.4. The average molecular weight is 488 g/mol. The number of nitrogens with zero attached hydrogens (tertiary/aromatic N) is 6. The van der Waals surface area contributed by atoms with Crippen LogP contribution in [0.5, 0.6) is 0 Å². The minimum atomic E-state index is -0.727. The van der Waals surface area contributed by atoms with Crippen LogP contribution in [0.3, 0.4) is 0 Å². The van der Waals surface area contributed by atoms with Gasteiger partial charge in [-0.25, -0.2) is 23.4 Å². The van der Waals surface area contributed by atoms with E-state index in [2.05, 4.69) is 16.2 Å². The predicted octanol–water partition coefficient (Wildman–Crippen LogP) is 4.29. The summed E-state index contributed by atoms with van der Waals surface area (Å²) in [7, 11) is 0.